The van der Waals surface area contributed by atoms with Crippen LogP contribution in [0, 0.1) is 0 Å². The molecule has 1 N–H and O–H groups in total. The molecule has 0 bridgehead atoms. The van der Waals surface area contributed by atoms with E-state index in [1.54, 1.807) is 18.4 Å². The third kappa shape index (κ3) is 4.43. The molecule has 1 aliphatic rings. The minimum absolute atomic E-state index is 0.192. The number of nitrogens with zero attached hydrogens (tertiary/aromatic N) is 2. The van der Waals surface area contributed by atoms with Crippen LogP contribution in [-0.4, -0.2) is 47.4 Å². The van der Waals surface area contributed by atoms with E-state index in [1.807, 2.05) is 29.8 Å². The second kappa shape index (κ2) is 7.77. The van der Waals surface area contributed by atoms with Crippen molar-refractivity contribution in [3.63, 3.8) is 0 Å². The highest BCUT2D eigenvalue weighted by molar-refractivity contribution is 7.07. The molecule has 1 saturated heterocycles. The third-order valence-electron chi connectivity index (χ3n) is 4.10. The van der Waals surface area contributed by atoms with Gasteiger partial charge in [0.1, 0.15) is 17.6 Å². The van der Waals surface area contributed by atoms with Gasteiger partial charge < -0.3 is 14.6 Å². The fraction of sp³-hybridized carbons (Fsp3) is 0.471. The van der Waals surface area contributed by atoms with Gasteiger partial charge in [0.05, 0.1) is 24.4 Å². The summed E-state index contributed by atoms with van der Waals surface area (Å²) < 4.78 is 11.2. The molecule has 0 spiro atoms. The number of aromatic nitrogens is 1. The zero-order chi connectivity index (χ0) is 16.1. The van der Waals surface area contributed by atoms with Gasteiger partial charge in [-0.1, -0.05) is 6.07 Å². The molecular formula is C17H22N2O3S. The Morgan fingerprint density at radius 1 is 1.30 bits per heavy atom. The standard InChI is InChI=1S/C17H22N2O3S/c1-21-14-3-2-4-15(9-14)22-17-6-8-19(7-5-16(17)20)10-13-11-23-12-18-13/h2-4,9,11-12,16-17,20H,5-8,10H2,1H3/t16-,17-/m0/s1. The van der Waals surface area contributed by atoms with E-state index >= 15 is 0 Å². The molecule has 3 rings (SSSR count). The molecule has 5 nitrogen and oxygen atoms in total. The molecule has 2 atom stereocenters. The van der Waals surface area contributed by atoms with E-state index in [2.05, 4.69) is 15.3 Å². The SMILES string of the molecule is COc1cccc(O[C@H]2CCN(Cc3cscn3)CC[C@@H]2O)c1. The second-order valence-corrected chi connectivity index (χ2v) is 6.45. The maximum atomic E-state index is 10.4. The Morgan fingerprint density at radius 3 is 2.91 bits per heavy atom. The first-order chi connectivity index (χ1) is 11.2. The lowest BCUT2D eigenvalue weighted by Gasteiger charge is -2.22. The van der Waals surface area contributed by atoms with Gasteiger partial charge in [-0.3, -0.25) is 4.90 Å². The van der Waals surface area contributed by atoms with Gasteiger partial charge in [-0.25, -0.2) is 4.98 Å². The van der Waals surface area contributed by atoms with Gasteiger partial charge in [-0.15, -0.1) is 11.3 Å². The molecule has 2 aromatic rings. The minimum atomic E-state index is -0.457. The monoisotopic (exact) mass is 334 g/mol. The van der Waals surface area contributed by atoms with Crippen molar-refractivity contribution >= 4 is 11.3 Å². The summed E-state index contributed by atoms with van der Waals surface area (Å²) in [6.07, 6.45) is 0.852. The molecule has 1 aliphatic heterocycles. The molecule has 1 aromatic carbocycles. The predicted octanol–water partition coefficient (Wildman–Crippen LogP) is 2.56. The number of benzene rings is 1. The van der Waals surface area contributed by atoms with Crippen molar-refractivity contribution in [2.24, 2.45) is 0 Å². The number of hydrogen-bond acceptors (Lipinski definition) is 6. The molecule has 0 unspecified atom stereocenters. The second-order valence-electron chi connectivity index (χ2n) is 5.74. The van der Waals surface area contributed by atoms with Crippen molar-refractivity contribution < 1.29 is 14.6 Å². The van der Waals surface area contributed by atoms with E-state index in [4.69, 9.17) is 9.47 Å². The number of ether oxygens (including phenoxy) is 2. The van der Waals surface area contributed by atoms with E-state index in [9.17, 15) is 5.11 Å². The number of likely N-dealkylation sites (tertiary alicyclic amines) is 1. The number of thiazole rings is 1. The van der Waals surface area contributed by atoms with Gasteiger partial charge in [0.15, 0.2) is 0 Å². The Hall–Kier alpha value is -1.63. The summed E-state index contributed by atoms with van der Waals surface area (Å²) in [5.74, 6) is 1.50. The lowest BCUT2D eigenvalue weighted by Crippen LogP contribution is -2.31. The highest BCUT2D eigenvalue weighted by Crippen LogP contribution is 2.24. The van der Waals surface area contributed by atoms with Crippen LogP contribution in [0.15, 0.2) is 35.2 Å². The predicted molar refractivity (Wildman–Crippen MR) is 90.0 cm³/mol. The molecule has 1 fully saturated rings. The van der Waals surface area contributed by atoms with E-state index in [0.717, 1.165) is 43.2 Å². The first-order valence-corrected chi connectivity index (χ1v) is 8.77. The van der Waals surface area contributed by atoms with Crippen LogP contribution in [0.3, 0.4) is 0 Å². The molecule has 0 saturated carbocycles. The number of aliphatic hydroxyl groups is 1. The van der Waals surface area contributed by atoms with Crippen LogP contribution in [0.25, 0.3) is 0 Å². The summed E-state index contributed by atoms with van der Waals surface area (Å²) in [4.78, 5) is 6.66. The topological polar surface area (TPSA) is 54.8 Å². The lowest BCUT2D eigenvalue weighted by molar-refractivity contribution is 0.0349. The largest absolute Gasteiger partial charge is 0.497 e. The summed E-state index contributed by atoms with van der Waals surface area (Å²) in [6, 6.07) is 7.52. The number of rotatable bonds is 5. The highest BCUT2D eigenvalue weighted by atomic mass is 32.1. The summed E-state index contributed by atoms with van der Waals surface area (Å²) in [6.45, 7) is 2.59. The maximum Gasteiger partial charge on any atom is 0.126 e. The van der Waals surface area contributed by atoms with Crippen LogP contribution in [0.2, 0.25) is 0 Å². The van der Waals surface area contributed by atoms with Crippen LogP contribution in [0.5, 0.6) is 11.5 Å². The summed E-state index contributed by atoms with van der Waals surface area (Å²) in [7, 11) is 1.63. The van der Waals surface area contributed by atoms with Gasteiger partial charge in [0, 0.05) is 31.1 Å². The van der Waals surface area contributed by atoms with Crippen molar-refractivity contribution in [1.29, 1.82) is 0 Å². The molecule has 1 aromatic heterocycles. The Labute approximate surface area is 140 Å². The molecular weight excluding hydrogens is 312 g/mol. The molecule has 0 radical (unpaired) electrons. The quantitative estimate of drug-likeness (QED) is 0.911. The van der Waals surface area contributed by atoms with E-state index in [1.165, 1.54) is 0 Å². The molecule has 6 heteroatoms. The summed E-state index contributed by atoms with van der Waals surface area (Å²) in [5.41, 5.74) is 2.95. The first-order valence-electron chi connectivity index (χ1n) is 7.83. The van der Waals surface area contributed by atoms with Crippen molar-refractivity contribution in [2.75, 3.05) is 20.2 Å². The smallest absolute Gasteiger partial charge is 0.126 e. The Balaban J connectivity index is 1.59. The normalized spacial score (nSPS) is 22.5. The third-order valence-corrected chi connectivity index (χ3v) is 4.73. The number of methoxy groups -OCH3 is 1. The van der Waals surface area contributed by atoms with Gasteiger partial charge in [-0.05, 0) is 25.0 Å². The number of hydrogen-bond donors (Lipinski definition) is 1. The summed E-state index contributed by atoms with van der Waals surface area (Å²) >= 11 is 1.62. The van der Waals surface area contributed by atoms with Crippen molar-refractivity contribution in [3.05, 3.63) is 40.8 Å². The Bertz CT molecular complexity index is 606. The van der Waals surface area contributed by atoms with Crippen LogP contribution in [0.4, 0.5) is 0 Å². The van der Waals surface area contributed by atoms with Gasteiger partial charge in [-0.2, -0.15) is 0 Å². The molecule has 124 valence electrons. The highest BCUT2D eigenvalue weighted by Gasteiger charge is 2.26. The Morgan fingerprint density at radius 2 is 2.13 bits per heavy atom. The minimum Gasteiger partial charge on any atom is -0.497 e. The zero-order valence-electron chi connectivity index (χ0n) is 13.2. The van der Waals surface area contributed by atoms with Crippen molar-refractivity contribution in [2.45, 2.75) is 31.6 Å². The van der Waals surface area contributed by atoms with Gasteiger partial charge >= 0.3 is 0 Å². The fourth-order valence-corrected chi connectivity index (χ4v) is 3.35. The Kier molecular flexibility index (Phi) is 5.48. The lowest BCUT2D eigenvalue weighted by atomic mass is 10.1. The molecule has 23 heavy (non-hydrogen) atoms. The summed E-state index contributed by atoms with van der Waals surface area (Å²) in [5, 5.41) is 12.5. The maximum absolute atomic E-state index is 10.4. The van der Waals surface area contributed by atoms with Gasteiger partial charge in [0.2, 0.25) is 0 Å². The van der Waals surface area contributed by atoms with Crippen LogP contribution < -0.4 is 9.47 Å². The van der Waals surface area contributed by atoms with Crippen LogP contribution in [-0.2, 0) is 6.54 Å². The first kappa shape index (κ1) is 16.2. The fourth-order valence-electron chi connectivity index (χ4n) is 2.80. The van der Waals surface area contributed by atoms with Crippen molar-refractivity contribution in [1.82, 2.24) is 9.88 Å². The van der Waals surface area contributed by atoms with E-state index in [0.29, 0.717) is 6.42 Å². The van der Waals surface area contributed by atoms with Gasteiger partial charge in [0.25, 0.3) is 0 Å². The molecule has 0 amide bonds. The number of aliphatic hydroxyl groups excluding tert-OH is 1. The average molecular weight is 334 g/mol. The van der Waals surface area contributed by atoms with Crippen molar-refractivity contribution in [3.8, 4) is 11.5 Å². The van der Waals surface area contributed by atoms with Crippen LogP contribution >= 0.6 is 11.3 Å². The average Bonchev–Trinajstić information content (AvgIpc) is 3.02. The van der Waals surface area contributed by atoms with E-state index in [-0.39, 0.29) is 6.10 Å². The zero-order valence-corrected chi connectivity index (χ0v) is 14.0. The van der Waals surface area contributed by atoms with E-state index < -0.39 is 6.10 Å². The molecule has 2 heterocycles. The molecule has 0 aliphatic carbocycles. The van der Waals surface area contributed by atoms with Crippen LogP contribution in [0.1, 0.15) is 18.5 Å².